The van der Waals surface area contributed by atoms with Gasteiger partial charge < -0.3 is 15.0 Å². The summed E-state index contributed by atoms with van der Waals surface area (Å²) in [5.74, 6) is -0.306. The summed E-state index contributed by atoms with van der Waals surface area (Å²) in [6, 6.07) is -0.519. The molecule has 2 heterocycles. The van der Waals surface area contributed by atoms with E-state index in [1.807, 2.05) is 0 Å². The van der Waals surface area contributed by atoms with Crippen LogP contribution in [0.2, 0.25) is 0 Å². The maximum atomic E-state index is 12.7. The number of ether oxygens (including phenoxy) is 1. The fourth-order valence-corrected chi connectivity index (χ4v) is 2.76. The lowest BCUT2D eigenvalue weighted by atomic mass is 10.0. The topological polar surface area (TPSA) is 79.0 Å². The molecule has 0 spiro atoms. The predicted octanol–water partition coefficient (Wildman–Crippen LogP) is 0.734. The van der Waals surface area contributed by atoms with Crippen molar-refractivity contribution in [2.24, 2.45) is 0 Å². The van der Waals surface area contributed by atoms with Gasteiger partial charge in [-0.2, -0.15) is 0 Å². The predicted molar refractivity (Wildman–Crippen MR) is 80.2 cm³/mol. The van der Waals surface area contributed by atoms with Crippen LogP contribution in [0.15, 0.2) is 0 Å². The van der Waals surface area contributed by atoms with Gasteiger partial charge in [0.15, 0.2) is 0 Å². The Kier molecular flexibility index (Phi) is 4.93. The molecule has 0 aliphatic carbocycles. The third kappa shape index (κ3) is 4.11. The van der Waals surface area contributed by atoms with E-state index in [-0.39, 0.29) is 18.4 Å². The Morgan fingerprint density at radius 3 is 2.59 bits per heavy atom. The molecule has 2 aliphatic heterocycles. The van der Waals surface area contributed by atoms with E-state index in [0.29, 0.717) is 26.1 Å². The molecule has 0 saturated carbocycles. The number of nitrogens with zero attached hydrogens (tertiary/aromatic N) is 2. The van der Waals surface area contributed by atoms with Gasteiger partial charge >= 0.3 is 6.09 Å². The number of nitrogens with one attached hydrogen (secondary N) is 1. The first-order valence-corrected chi connectivity index (χ1v) is 7.83. The fraction of sp³-hybridized carbons (Fsp3) is 0.800. The quantitative estimate of drug-likeness (QED) is 0.774. The van der Waals surface area contributed by atoms with Crippen LogP contribution in [-0.2, 0) is 14.3 Å². The van der Waals surface area contributed by atoms with E-state index in [2.05, 4.69) is 5.32 Å². The van der Waals surface area contributed by atoms with Gasteiger partial charge in [-0.1, -0.05) is 0 Å². The number of piperazine rings is 1. The van der Waals surface area contributed by atoms with Gasteiger partial charge in [0.05, 0.1) is 6.54 Å². The molecule has 7 nitrogen and oxygen atoms in total. The summed E-state index contributed by atoms with van der Waals surface area (Å²) in [6.45, 7) is 6.96. The van der Waals surface area contributed by atoms with Gasteiger partial charge in [0, 0.05) is 19.6 Å². The highest BCUT2D eigenvalue weighted by Gasteiger charge is 2.37. The second-order valence-electron chi connectivity index (χ2n) is 6.80. The highest BCUT2D eigenvalue weighted by atomic mass is 16.6. The molecule has 124 valence electrons. The van der Waals surface area contributed by atoms with Crippen LogP contribution in [0.5, 0.6) is 0 Å². The fourth-order valence-electron chi connectivity index (χ4n) is 2.76. The van der Waals surface area contributed by atoms with Gasteiger partial charge in [-0.3, -0.25) is 14.5 Å². The summed E-state index contributed by atoms with van der Waals surface area (Å²) in [5, 5.41) is 2.70. The van der Waals surface area contributed by atoms with Gasteiger partial charge in [-0.05, 0) is 40.0 Å². The summed E-state index contributed by atoms with van der Waals surface area (Å²) in [5.41, 5.74) is -0.590. The Bertz CT molecular complexity index is 458. The first-order valence-electron chi connectivity index (χ1n) is 7.83. The molecular formula is C15H25N3O4. The van der Waals surface area contributed by atoms with Crippen LogP contribution in [0.3, 0.4) is 0 Å². The maximum Gasteiger partial charge on any atom is 0.410 e. The Balaban J connectivity index is 2.07. The SMILES string of the molecule is CC(C)(C)OC(=O)N1CCCC[C@@H]1C(=O)N1CCNC(=O)C1. The molecule has 22 heavy (non-hydrogen) atoms. The Labute approximate surface area is 131 Å². The van der Waals surface area contributed by atoms with Crippen molar-refractivity contribution in [2.45, 2.75) is 51.7 Å². The minimum absolute atomic E-state index is 0.0670. The van der Waals surface area contributed by atoms with Gasteiger partial charge in [0.2, 0.25) is 11.8 Å². The van der Waals surface area contributed by atoms with Gasteiger partial charge in [0.25, 0.3) is 0 Å². The number of piperidine rings is 1. The molecule has 0 aromatic carbocycles. The Morgan fingerprint density at radius 2 is 1.95 bits per heavy atom. The van der Waals surface area contributed by atoms with Crippen molar-refractivity contribution >= 4 is 17.9 Å². The largest absolute Gasteiger partial charge is 0.444 e. The van der Waals surface area contributed by atoms with E-state index in [4.69, 9.17) is 4.74 Å². The smallest absolute Gasteiger partial charge is 0.410 e. The van der Waals surface area contributed by atoms with E-state index >= 15 is 0 Å². The molecule has 2 saturated heterocycles. The van der Waals surface area contributed by atoms with Crippen LogP contribution in [0.25, 0.3) is 0 Å². The van der Waals surface area contributed by atoms with Crippen molar-refractivity contribution < 1.29 is 19.1 Å². The molecule has 3 amide bonds. The number of hydrogen-bond donors (Lipinski definition) is 1. The average molecular weight is 311 g/mol. The minimum atomic E-state index is -0.590. The van der Waals surface area contributed by atoms with E-state index in [9.17, 15) is 14.4 Å². The van der Waals surface area contributed by atoms with Gasteiger partial charge in [-0.25, -0.2) is 4.79 Å². The van der Waals surface area contributed by atoms with Crippen molar-refractivity contribution in [3.63, 3.8) is 0 Å². The number of hydrogen-bond acceptors (Lipinski definition) is 4. The molecule has 7 heteroatoms. The number of likely N-dealkylation sites (tertiary alicyclic amines) is 1. The molecular weight excluding hydrogens is 286 g/mol. The van der Waals surface area contributed by atoms with E-state index in [0.717, 1.165) is 12.8 Å². The maximum absolute atomic E-state index is 12.7. The van der Waals surface area contributed by atoms with Crippen LogP contribution in [0.1, 0.15) is 40.0 Å². The van der Waals surface area contributed by atoms with Crippen molar-refractivity contribution in [2.75, 3.05) is 26.2 Å². The molecule has 0 bridgehead atoms. The zero-order chi connectivity index (χ0) is 16.3. The highest BCUT2D eigenvalue weighted by molar-refractivity contribution is 5.90. The Hall–Kier alpha value is -1.79. The van der Waals surface area contributed by atoms with E-state index in [1.165, 1.54) is 9.80 Å². The van der Waals surface area contributed by atoms with Crippen molar-refractivity contribution in [3.8, 4) is 0 Å². The second kappa shape index (κ2) is 6.54. The first-order chi connectivity index (χ1) is 10.3. The number of rotatable bonds is 1. The summed E-state index contributed by atoms with van der Waals surface area (Å²) >= 11 is 0. The summed E-state index contributed by atoms with van der Waals surface area (Å²) < 4.78 is 5.40. The number of carbonyl (C=O) groups is 3. The highest BCUT2D eigenvalue weighted by Crippen LogP contribution is 2.22. The zero-order valence-electron chi connectivity index (χ0n) is 13.6. The summed E-state index contributed by atoms with van der Waals surface area (Å²) in [7, 11) is 0. The average Bonchev–Trinajstić information content (AvgIpc) is 2.44. The van der Waals surface area contributed by atoms with Crippen LogP contribution in [-0.4, -0.2) is 65.5 Å². The second-order valence-corrected chi connectivity index (χ2v) is 6.80. The minimum Gasteiger partial charge on any atom is -0.444 e. The van der Waals surface area contributed by atoms with E-state index in [1.54, 1.807) is 20.8 Å². The summed E-state index contributed by atoms with van der Waals surface area (Å²) in [4.78, 5) is 39.5. The lowest BCUT2D eigenvalue weighted by molar-refractivity contribution is -0.143. The molecule has 0 unspecified atom stereocenters. The summed E-state index contributed by atoms with van der Waals surface area (Å²) in [6.07, 6.45) is 1.93. The van der Waals surface area contributed by atoms with Crippen molar-refractivity contribution in [3.05, 3.63) is 0 Å². The molecule has 0 aromatic heterocycles. The zero-order valence-corrected chi connectivity index (χ0v) is 13.6. The molecule has 2 aliphatic rings. The molecule has 0 radical (unpaired) electrons. The normalized spacial score (nSPS) is 23.0. The first kappa shape index (κ1) is 16.6. The van der Waals surface area contributed by atoms with Crippen LogP contribution < -0.4 is 5.32 Å². The molecule has 1 N–H and O–H groups in total. The Morgan fingerprint density at radius 1 is 1.23 bits per heavy atom. The van der Waals surface area contributed by atoms with Gasteiger partial charge in [-0.15, -0.1) is 0 Å². The standard InChI is InChI=1S/C15H25N3O4/c1-15(2,3)22-14(21)18-8-5-4-6-11(18)13(20)17-9-7-16-12(19)10-17/h11H,4-10H2,1-3H3,(H,16,19)/t11-/m1/s1. The third-order valence-corrected chi connectivity index (χ3v) is 3.77. The van der Waals surface area contributed by atoms with Crippen molar-refractivity contribution in [1.82, 2.24) is 15.1 Å². The van der Waals surface area contributed by atoms with Crippen LogP contribution >= 0.6 is 0 Å². The molecule has 2 fully saturated rings. The molecule has 1 atom stereocenters. The number of carbonyl (C=O) groups excluding carboxylic acids is 3. The van der Waals surface area contributed by atoms with Crippen molar-refractivity contribution in [1.29, 1.82) is 0 Å². The molecule has 0 aromatic rings. The third-order valence-electron chi connectivity index (χ3n) is 3.77. The van der Waals surface area contributed by atoms with Crippen LogP contribution in [0.4, 0.5) is 4.79 Å². The number of amides is 3. The monoisotopic (exact) mass is 311 g/mol. The van der Waals surface area contributed by atoms with Gasteiger partial charge in [0.1, 0.15) is 11.6 Å². The lowest BCUT2D eigenvalue weighted by Crippen LogP contribution is -2.58. The lowest BCUT2D eigenvalue weighted by Gasteiger charge is -2.39. The van der Waals surface area contributed by atoms with Crippen LogP contribution in [0, 0.1) is 0 Å². The molecule has 2 rings (SSSR count). The van der Waals surface area contributed by atoms with E-state index < -0.39 is 17.7 Å².